The molecule has 2 heterocycles. The largest absolute Gasteiger partial charge is 0.397 e. The predicted molar refractivity (Wildman–Crippen MR) is 172 cm³/mol. The molecule has 0 aliphatic carbocycles. The van der Waals surface area contributed by atoms with Crippen LogP contribution in [0.25, 0.3) is 10.9 Å². The predicted octanol–water partition coefficient (Wildman–Crippen LogP) is 7.29. The third-order valence-corrected chi connectivity index (χ3v) is 12.8. The van der Waals surface area contributed by atoms with Crippen molar-refractivity contribution in [2.45, 2.75) is 90.2 Å². The van der Waals surface area contributed by atoms with E-state index in [0.717, 1.165) is 55.2 Å². The van der Waals surface area contributed by atoms with E-state index < -0.39 is 14.2 Å². The van der Waals surface area contributed by atoms with Crippen molar-refractivity contribution in [1.82, 2.24) is 14.1 Å². The molecule has 4 aromatic rings. The van der Waals surface area contributed by atoms with Crippen molar-refractivity contribution in [3.8, 4) is 0 Å². The summed E-state index contributed by atoms with van der Waals surface area (Å²) in [5.41, 5.74) is 8.90. The van der Waals surface area contributed by atoms with E-state index in [1.807, 2.05) is 16.7 Å². The van der Waals surface area contributed by atoms with Crippen molar-refractivity contribution < 1.29 is 14.0 Å². The van der Waals surface area contributed by atoms with Crippen LogP contribution in [0, 0.1) is 0 Å². The Hall–Kier alpha value is -3.69. The summed E-state index contributed by atoms with van der Waals surface area (Å²) < 4.78 is 10.9. The summed E-state index contributed by atoms with van der Waals surface area (Å²) in [5, 5.41) is 4.25. The number of aromatic nitrogens is 3. The molecule has 224 valence electrons. The molecule has 3 N–H and O–H groups in total. The Morgan fingerprint density at radius 3 is 2.50 bits per heavy atom. The van der Waals surface area contributed by atoms with E-state index in [9.17, 15) is 9.59 Å². The summed E-state index contributed by atoms with van der Waals surface area (Å²) in [4.78, 5) is 28.5. The zero-order valence-electron chi connectivity index (χ0n) is 25.6. The highest BCUT2D eigenvalue weighted by atomic mass is 28.4. The first-order chi connectivity index (χ1) is 19.9. The van der Waals surface area contributed by atoms with Crippen LogP contribution in [0.1, 0.15) is 75.2 Å². The second-order valence-corrected chi connectivity index (χ2v) is 17.3. The number of anilines is 1. The van der Waals surface area contributed by atoms with Crippen LogP contribution in [0.3, 0.4) is 0 Å². The molecule has 0 radical (unpaired) electrons. The van der Waals surface area contributed by atoms with E-state index >= 15 is 0 Å². The molecule has 0 saturated heterocycles. The minimum absolute atomic E-state index is 0.0394. The maximum atomic E-state index is 12.6. The Labute approximate surface area is 250 Å². The fourth-order valence-corrected chi connectivity index (χ4v) is 6.06. The van der Waals surface area contributed by atoms with Crippen LogP contribution in [0.5, 0.6) is 0 Å². The number of amides is 2. The van der Waals surface area contributed by atoms with E-state index in [1.54, 1.807) is 12.5 Å². The number of hydrogen-bond acceptors (Lipinski definition) is 4. The molecule has 2 aromatic heterocycles. The van der Waals surface area contributed by atoms with Crippen molar-refractivity contribution in [2.75, 3.05) is 5.32 Å². The van der Waals surface area contributed by atoms with Gasteiger partial charge in [-0.1, -0.05) is 57.2 Å². The first-order valence-electron chi connectivity index (χ1n) is 14.9. The van der Waals surface area contributed by atoms with Crippen LogP contribution in [-0.4, -0.2) is 34.2 Å². The maximum Gasteiger partial charge on any atom is 0.268 e. The summed E-state index contributed by atoms with van der Waals surface area (Å²) >= 11 is 0. The summed E-state index contributed by atoms with van der Waals surface area (Å²) in [6.45, 7) is 11.9. The van der Waals surface area contributed by atoms with E-state index in [-0.39, 0.29) is 22.9 Å². The van der Waals surface area contributed by atoms with Crippen LogP contribution in [0.4, 0.5) is 5.69 Å². The molecular weight excluding hydrogens is 542 g/mol. The number of hydrogen-bond donors (Lipinski definition) is 2. The van der Waals surface area contributed by atoms with Crippen LogP contribution in [-0.2, 0) is 22.2 Å². The molecular formula is C33H45N5O3Si. The Morgan fingerprint density at radius 1 is 1.05 bits per heavy atom. The number of carbonyl (C=O) groups excluding carboxylic acids is 2. The number of primary amides is 1. The lowest BCUT2D eigenvalue weighted by molar-refractivity contribution is -0.116. The number of imidazole rings is 1. The van der Waals surface area contributed by atoms with Crippen LogP contribution >= 0.6 is 0 Å². The standard InChI is InChI=1S/C33H45N5O3Si/c1-33(2,3)42(4,5)41-31(38-23-28(32(34)40)35-24-38)16-11-20-37-21-19-26-17-18-27(22-29(26)37)36-30(39)15-10-9-14-25-12-7-6-8-13-25/h6-8,12-13,17-19,21-24,31H,9-11,14-16,20H2,1-5H3,(H2,34,40)(H,36,39)/t31-/m1/s1. The number of aryl methyl sites for hydroxylation is 2. The number of rotatable bonds is 14. The molecule has 0 spiro atoms. The molecule has 42 heavy (non-hydrogen) atoms. The smallest absolute Gasteiger partial charge is 0.268 e. The van der Waals surface area contributed by atoms with Gasteiger partial charge in [0.2, 0.25) is 5.91 Å². The summed E-state index contributed by atoms with van der Waals surface area (Å²) in [6, 6.07) is 18.6. The van der Waals surface area contributed by atoms with Gasteiger partial charge in [-0.2, -0.15) is 0 Å². The van der Waals surface area contributed by atoms with Gasteiger partial charge < -0.3 is 24.6 Å². The second-order valence-electron chi connectivity index (χ2n) is 12.6. The van der Waals surface area contributed by atoms with Gasteiger partial charge in [0.15, 0.2) is 8.32 Å². The Balaban J connectivity index is 1.36. The molecule has 0 saturated carbocycles. The molecule has 0 unspecified atom stereocenters. The van der Waals surface area contributed by atoms with Gasteiger partial charge in [-0.25, -0.2) is 4.98 Å². The number of nitrogens with one attached hydrogen (secondary N) is 1. The van der Waals surface area contributed by atoms with E-state index in [4.69, 9.17) is 10.2 Å². The Kier molecular flexibility index (Phi) is 10.1. The second kappa shape index (κ2) is 13.5. The van der Waals surface area contributed by atoms with Crippen LogP contribution in [0.15, 0.2) is 73.3 Å². The average Bonchev–Trinajstić information content (AvgIpc) is 3.58. The Bertz CT molecular complexity index is 1490. The van der Waals surface area contributed by atoms with Gasteiger partial charge in [-0.05, 0) is 79.4 Å². The highest BCUT2D eigenvalue weighted by Crippen LogP contribution is 2.39. The highest BCUT2D eigenvalue weighted by Gasteiger charge is 2.39. The van der Waals surface area contributed by atoms with Gasteiger partial charge in [0.1, 0.15) is 11.9 Å². The maximum absolute atomic E-state index is 12.6. The van der Waals surface area contributed by atoms with E-state index in [2.05, 4.69) is 97.4 Å². The molecule has 0 aliphatic rings. The van der Waals surface area contributed by atoms with Gasteiger partial charge >= 0.3 is 0 Å². The minimum atomic E-state index is -2.09. The monoisotopic (exact) mass is 587 g/mol. The lowest BCUT2D eigenvalue weighted by Crippen LogP contribution is -2.42. The third-order valence-electron chi connectivity index (χ3n) is 8.29. The molecule has 4 rings (SSSR count). The molecule has 0 aliphatic heterocycles. The summed E-state index contributed by atoms with van der Waals surface area (Å²) in [6.07, 6.45) is 10.1. The number of fused-ring (bicyclic) bond motifs is 1. The van der Waals surface area contributed by atoms with Crippen molar-refractivity contribution >= 4 is 36.7 Å². The van der Waals surface area contributed by atoms with Gasteiger partial charge in [-0.3, -0.25) is 9.59 Å². The average molecular weight is 588 g/mol. The van der Waals surface area contributed by atoms with Gasteiger partial charge in [0.05, 0.1) is 11.8 Å². The lowest BCUT2D eigenvalue weighted by Gasteiger charge is -2.39. The molecule has 2 amide bonds. The number of unbranched alkanes of at least 4 members (excludes halogenated alkanes) is 1. The summed E-state index contributed by atoms with van der Waals surface area (Å²) in [5.74, 6) is -0.504. The number of benzene rings is 2. The van der Waals surface area contributed by atoms with Gasteiger partial charge in [0, 0.05) is 31.0 Å². The quantitative estimate of drug-likeness (QED) is 0.119. The Morgan fingerprint density at radius 2 is 1.81 bits per heavy atom. The highest BCUT2D eigenvalue weighted by molar-refractivity contribution is 6.74. The van der Waals surface area contributed by atoms with E-state index in [1.165, 1.54) is 5.56 Å². The topological polar surface area (TPSA) is 104 Å². The normalized spacial score (nSPS) is 12.9. The van der Waals surface area contributed by atoms with Gasteiger partial charge in [0.25, 0.3) is 5.91 Å². The SMILES string of the molecule is CC(C)(C)[Si](C)(C)O[C@H](CCCn1ccc2ccc(NC(=O)CCCCc3ccccc3)cc21)n1cnc(C(N)=O)c1. The minimum Gasteiger partial charge on any atom is -0.397 e. The number of nitrogens with two attached hydrogens (primary N) is 1. The molecule has 0 bridgehead atoms. The third kappa shape index (κ3) is 8.20. The molecule has 9 heteroatoms. The first kappa shape index (κ1) is 31.2. The zero-order chi connectivity index (χ0) is 30.3. The van der Waals surface area contributed by atoms with Gasteiger partial charge in [-0.15, -0.1) is 0 Å². The van der Waals surface area contributed by atoms with Crippen molar-refractivity contribution in [1.29, 1.82) is 0 Å². The van der Waals surface area contributed by atoms with Crippen LogP contribution < -0.4 is 11.1 Å². The zero-order valence-corrected chi connectivity index (χ0v) is 26.6. The first-order valence-corrected chi connectivity index (χ1v) is 17.8. The van der Waals surface area contributed by atoms with E-state index in [0.29, 0.717) is 6.42 Å². The van der Waals surface area contributed by atoms with Crippen molar-refractivity contribution in [3.05, 3.63) is 84.6 Å². The van der Waals surface area contributed by atoms with Crippen molar-refractivity contribution in [2.24, 2.45) is 5.73 Å². The van der Waals surface area contributed by atoms with Crippen LogP contribution in [0.2, 0.25) is 18.1 Å². The molecule has 2 aromatic carbocycles. The fraction of sp³-hybridized carbons (Fsp3) is 0.424. The molecule has 8 nitrogen and oxygen atoms in total. The fourth-order valence-electron chi connectivity index (χ4n) is 4.78. The number of nitrogens with zero attached hydrogens (tertiary/aromatic N) is 3. The number of carbonyl (C=O) groups is 2. The lowest BCUT2D eigenvalue weighted by atomic mass is 10.1. The summed E-state index contributed by atoms with van der Waals surface area (Å²) in [7, 11) is -2.09. The molecule has 1 atom stereocenters. The van der Waals surface area contributed by atoms with Crippen molar-refractivity contribution in [3.63, 3.8) is 0 Å². The molecule has 0 fully saturated rings.